The zero-order valence-corrected chi connectivity index (χ0v) is 17.0. The van der Waals surface area contributed by atoms with Crippen LogP contribution >= 0.6 is 0 Å². The molecule has 0 bridgehead atoms. The van der Waals surface area contributed by atoms with Gasteiger partial charge in [0.15, 0.2) is 17.2 Å². The van der Waals surface area contributed by atoms with Gasteiger partial charge in [0, 0.05) is 31.6 Å². The van der Waals surface area contributed by atoms with Crippen molar-refractivity contribution in [3.63, 3.8) is 0 Å². The first kappa shape index (κ1) is 19.2. The monoisotopic (exact) mass is 397 g/mol. The van der Waals surface area contributed by atoms with Crippen LogP contribution in [0.3, 0.4) is 0 Å². The Labute approximate surface area is 168 Å². The van der Waals surface area contributed by atoms with Gasteiger partial charge in [-0.15, -0.1) is 0 Å². The number of nitrogens with one attached hydrogen (secondary N) is 1. The zero-order valence-electron chi connectivity index (χ0n) is 17.0. The largest absolute Gasteiger partial charge is 0.494 e. The normalized spacial score (nSPS) is 16.4. The van der Waals surface area contributed by atoms with E-state index in [2.05, 4.69) is 15.3 Å². The molecular weight excluding hydrogens is 373 g/mol. The maximum Gasteiger partial charge on any atom is 0.217 e. The summed E-state index contributed by atoms with van der Waals surface area (Å²) in [4.78, 5) is 18.4. The molecule has 1 N–H and O–H groups in total. The molecule has 152 valence electrons. The maximum atomic E-state index is 14.3. The summed E-state index contributed by atoms with van der Waals surface area (Å²) in [5.74, 6) is -0.246. The van der Waals surface area contributed by atoms with E-state index in [0.29, 0.717) is 5.56 Å². The minimum Gasteiger partial charge on any atom is -0.494 e. The first-order valence-corrected chi connectivity index (χ1v) is 9.60. The molecule has 1 saturated heterocycles. The van der Waals surface area contributed by atoms with Crippen LogP contribution in [-0.2, 0) is 4.79 Å². The van der Waals surface area contributed by atoms with E-state index in [-0.39, 0.29) is 17.7 Å². The Morgan fingerprint density at radius 3 is 2.79 bits per heavy atom. The number of hydrogen-bond acceptors (Lipinski definition) is 5. The molecule has 1 fully saturated rings. The molecule has 8 heteroatoms. The van der Waals surface area contributed by atoms with E-state index in [9.17, 15) is 9.18 Å². The van der Waals surface area contributed by atoms with Crippen LogP contribution in [0, 0.1) is 19.7 Å². The highest BCUT2D eigenvalue weighted by molar-refractivity contribution is 5.77. The highest BCUT2D eigenvalue weighted by Crippen LogP contribution is 2.32. The number of amides is 1. The van der Waals surface area contributed by atoms with Crippen molar-refractivity contribution in [1.82, 2.24) is 19.9 Å². The summed E-state index contributed by atoms with van der Waals surface area (Å²) >= 11 is 0. The molecule has 1 aliphatic heterocycles. The van der Waals surface area contributed by atoms with Gasteiger partial charge < -0.3 is 15.0 Å². The summed E-state index contributed by atoms with van der Waals surface area (Å²) in [6.07, 6.45) is 0.878. The Hall–Kier alpha value is -3.16. The molecule has 0 aliphatic carbocycles. The molecule has 1 aromatic carbocycles. The van der Waals surface area contributed by atoms with Gasteiger partial charge in [-0.25, -0.2) is 13.9 Å². The van der Waals surface area contributed by atoms with E-state index in [1.807, 2.05) is 26.0 Å². The average Bonchev–Trinajstić information content (AvgIpc) is 3.24. The highest BCUT2D eigenvalue weighted by atomic mass is 19.1. The van der Waals surface area contributed by atoms with E-state index in [1.165, 1.54) is 20.1 Å². The number of hydrogen-bond donors (Lipinski definition) is 1. The van der Waals surface area contributed by atoms with Crippen LogP contribution in [0.1, 0.15) is 24.7 Å². The van der Waals surface area contributed by atoms with E-state index >= 15 is 0 Å². The molecule has 1 amide bonds. The lowest BCUT2D eigenvalue weighted by Crippen LogP contribution is -2.35. The maximum absolute atomic E-state index is 14.3. The number of aryl methyl sites for hydroxylation is 2. The van der Waals surface area contributed by atoms with E-state index in [4.69, 9.17) is 9.72 Å². The molecule has 0 radical (unpaired) electrons. The fourth-order valence-electron chi connectivity index (χ4n) is 3.99. The lowest BCUT2D eigenvalue weighted by atomic mass is 10.1. The summed E-state index contributed by atoms with van der Waals surface area (Å²) < 4.78 is 21.1. The summed E-state index contributed by atoms with van der Waals surface area (Å²) in [5, 5.41) is 7.64. The van der Waals surface area contributed by atoms with Crippen molar-refractivity contribution in [2.45, 2.75) is 33.2 Å². The van der Waals surface area contributed by atoms with E-state index in [1.54, 1.807) is 10.6 Å². The Morgan fingerprint density at radius 2 is 2.10 bits per heavy atom. The second-order valence-corrected chi connectivity index (χ2v) is 7.43. The smallest absolute Gasteiger partial charge is 0.217 e. The number of halogens is 1. The highest BCUT2D eigenvalue weighted by Gasteiger charge is 2.27. The van der Waals surface area contributed by atoms with Crippen LogP contribution in [0.4, 0.5) is 10.1 Å². The number of anilines is 1. The number of imidazole rings is 1. The van der Waals surface area contributed by atoms with Crippen LogP contribution in [0.2, 0.25) is 0 Å². The molecule has 3 aromatic rings. The Kier molecular flexibility index (Phi) is 4.86. The summed E-state index contributed by atoms with van der Waals surface area (Å²) in [7, 11) is 1.44. The predicted molar refractivity (Wildman–Crippen MR) is 109 cm³/mol. The molecule has 2 aromatic heterocycles. The number of aromatic nitrogens is 3. The molecule has 7 nitrogen and oxygen atoms in total. The molecule has 1 unspecified atom stereocenters. The Morgan fingerprint density at radius 1 is 1.31 bits per heavy atom. The standard InChI is InChI=1S/C21H24FN5O2/c1-12-9-18(26-8-7-16(11-26)24-14(3)28)21-23-13(2)20(27(21)25-12)15-5-6-19(29-4)17(22)10-15/h5-6,9-10,16H,7-8,11H2,1-4H3,(H,24,28). The lowest BCUT2D eigenvalue weighted by molar-refractivity contribution is -0.119. The predicted octanol–water partition coefficient (Wildman–Crippen LogP) is 2.88. The topological polar surface area (TPSA) is 71.8 Å². The van der Waals surface area contributed by atoms with Crippen molar-refractivity contribution in [3.8, 4) is 17.0 Å². The van der Waals surface area contributed by atoms with Gasteiger partial charge in [-0.3, -0.25) is 4.79 Å². The van der Waals surface area contributed by atoms with Gasteiger partial charge in [0.25, 0.3) is 0 Å². The van der Waals surface area contributed by atoms with Crippen molar-refractivity contribution < 1.29 is 13.9 Å². The van der Waals surface area contributed by atoms with Gasteiger partial charge >= 0.3 is 0 Å². The molecule has 4 rings (SSSR count). The number of rotatable bonds is 4. The van der Waals surface area contributed by atoms with Crippen LogP contribution < -0.4 is 15.0 Å². The fourth-order valence-corrected chi connectivity index (χ4v) is 3.99. The minimum atomic E-state index is -0.426. The quantitative estimate of drug-likeness (QED) is 0.733. The van der Waals surface area contributed by atoms with Gasteiger partial charge in [0.05, 0.1) is 29.9 Å². The number of fused-ring (bicyclic) bond motifs is 1. The second kappa shape index (κ2) is 7.35. The van der Waals surface area contributed by atoms with Crippen LogP contribution in [0.5, 0.6) is 5.75 Å². The van der Waals surface area contributed by atoms with Gasteiger partial charge in [-0.2, -0.15) is 5.10 Å². The summed E-state index contributed by atoms with van der Waals surface area (Å²) in [6.45, 7) is 6.91. The Bertz CT molecular complexity index is 1090. The number of carbonyl (C=O) groups excluding carboxylic acids is 1. The third-order valence-electron chi connectivity index (χ3n) is 5.22. The summed E-state index contributed by atoms with van der Waals surface area (Å²) in [5.41, 5.74) is 4.74. The van der Waals surface area contributed by atoms with Crippen molar-refractivity contribution in [3.05, 3.63) is 41.5 Å². The lowest BCUT2D eigenvalue weighted by Gasteiger charge is -2.20. The third-order valence-corrected chi connectivity index (χ3v) is 5.22. The SMILES string of the molecule is COc1ccc(-c2c(C)nc3c(N4CCC(NC(C)=O)C4)cc(C)nn23)cc1F. The van der Waals surface area contributed by atoms with Crippen LogP contribution in [0.25, 0.3) is 16.9 Å². The first-order valence-electron chi connectivity index (χ1n) is 9.60. The summed E-state index contributed by atoms with van der Waals surface area (Å²) in [6, 6.07) is 6.99. The van der Waals surface area contributed by atoms with Gasteiger partial charge in [-0.05, 0) is 44.5 Å². The van der Waals surface area contributed by atoms with E-state index < -0.39 is 5.82 Å². The van der Waals surface area contributed by atoms with Gasteiger partial charge in [0.2, 0.25) is 5.91 Å². The second-order valence-electron chi connectivity index (χ2n) is 7.43. The van der Waals surface area contributed by atoms with Crippen LogP contribution in [-0.4, -0.2) is 46.7 Å². The average molecular weight is 397 g/mol. The van der Waals surface area contributed by atoms with Crippen molar-refractivity contribution in [2.24, 2.45) is 0 Å². The number of benzene rings is 1. The molecular formula is C21H24FN5O2. The number of nitrogens with zero attached hydrogens (tertiary/aromatic N) is 4. The van der Waals surface area contributed by atoms with Gasteiger partial charge in [0.1, 0.15) is 0 Å². The zero-order chi connectivity index (χ0) is 20.7. The third kappa shape index (κ3) is 3.50. The molecule has 29 heavy (non-hydrogen) atoms. The first-order chi connectivity index (χ1) is 13.9. The molecule has 0 saturated carbocycles. The van der Waals surface area contributed by atoms with Crippen LogP contribution in [0.15, 0.2) is 24.3 Å². The molecule has 1 aliphatic rings. The Balaban J connectivity index is 1.79. The van der Waals surface area contributed by atoms with Gasteiger partial charge in [-0.1, -0.05) is 0 Å². The molecule has 0 spiro atoms. The molecule has 3 heterocycles. The number of ether oxygens (including phenoxy) is 1. The van der Waals surface area contributed by atoms with Crippen molar-refractivity contribution in [1.29, 1.82) is 0 Å². The number of methoxy groups -OCH3 is 1. The van der Waals surface area contributed by atoms with Crippen molar-refractivity contribution >= 4 is 17.2 Å². The fraction of sp³-hybridized carbons (Fsp3) is 0.381. The minimum absolute atomic E-state index is 0.0200. The molecule has 1 atom stereocenters. The number of carbonyl (C=O) groups is 1. The van der Waals surface area contributed by atoms with Crippen molar-refractivity contribution in [2.75, 3.05) is 25.1 Å². The van der Waals surface area contributed by atoms with E-state index in [0.717, 1.165) is 47.9 Å².